The van der Waals surface area contributed by atoms with E-state index in [1.165, 1.54) is 11.1 Å². The van der Waals surface area contributed by atoms with Crippen LogP contribution in [0.15, 0.2) is 50.6 Å². The maximum Gasteiger partial charge on any atom is 0.200 e. The Morgan fingerprint density at radius 3 is 2.78 bits per heavy atom. The van der Waals surface area contributed by atoms with Crippen LogP contribution in [0.1, 0.15) is 24.5 Å². The number of halogens is 1. The number of aromatic nitrogens is 3. The van der Waals surface area contributed by atoms with Crippen molar-refractivity contribution in [2.24, 2.45) is 0 Å². The van der Waals surface area contributed by atoms with Gasteiger partial charge in [-0.25, -0.2) is 0 Å². The summed E-state index contributed by atoms with van der Waals surface area (Å²) in [6.07, 6.45) is 1.02. The highest BCUT2D eigenvalue weighted by atomic mass is 79.9. The molecule has 120 valence electrons. The standard InChI is InChI=1S/C17H18BrN3OS/c1-3-9-21-16(14-7-8-15(18)22-14)19-20-17(21)23-11-13-6-4-5-12(2)10-13/h4-8,10H,3,9,11H2,1-2H3. The third kappa shape index (κ3) is 3.87. The zero-order valence-corrected chi connectivity index (χ0v) is 15.5. The Labute approximate surface area is 148 Å². The van der Waals surface area contributed by atoms with Crippen molar-refractivity contribution in [2.45, 2.75) is 37.7 Å². The van der Waals surface area contributed by atoms with E-state index < -0.39 is 0 Å². The molecule has 3 aromatic rings. The SMILES string of the molecule is CCCn1c(SCc2cccc(C)c2)nnc1-c1ccc(Br)o1. The second-order valence-electron chi connectivity index (χ2n) is 5.34. The topological polar surface area (TPSA) is 43.9 Å². The summed E-state index contributed by atoms with van der Waals surface area (Å²) in [6, 6.07) is 12.3. The molecule has 3 rings (SSSR count). The van der Waals surface area contributed by atoms with Gasteiger partial charge in [0.05, 0.1) is 0 Å². The number of hydrogen-bond donors (Lipinski definition) is 0. The average Bonchev–Trinajstić information content (AvgIpc) is 3.12. The molecule has 0 aliphatic heterocycles. The Kier molecular flexibility index (Phi) is 5.23. The normalized spacial score (nSPS) is 11.1. The predicted molar refractivity (Wildman–Crippen MR) is 96.5 cm³/mol. The van der Waals surface area contributed by atoms with Crippen molar-refractivity contribution in [3.05, 3.63) is 52.2 Å². The van der Waals surface area contributed by atoms with E-state index in [9.17, 15) is 0 Å². The van der Waals surface area contributed by atoms with Crippen molar-refractivity contribution in [3.63, 3.8) is 0 Å². The van der Waals surface area contributed by atoms with Crippen molar-refractivity contribution < 1.29 is 4.42 Å². The summed E-state index contributed by atoms with van der Waals surface area (Å²) >= 11 is 5.05. The van der Waals surface area contributed by atoms with E-state index in [0.29, 0.717) is 4.67 Å². The molecule has 23 heavy (non-hydrogen) atoms. The molecular weight excluding hydrogens is 374 g/mol. The van der Waals surface area contributed by atoms with Gasteiger partial charge in [-0.1, -0.05) is 48.5 Å². The van der Waals surface area contributed by atoms with Gasteiger partial charge in [0.15, 0.2) is 15.6 Å². The number of benzene rings is 1. The van der Waals surface area contributed by atoms with Gasteiger partial charge in [-0.05, 0) is 47.0 Å². The lowest BCUT2D eigenvalue weighted by atomic mass is 10.2. The fourth-order valence-corrected chi connectivity index (χ4v) is 3.60. The molecule has 6 heteroatoms. The zero-order valence-electron chi connectivity index (χ0n) is 13.1. The van der Waals surface area contributed by atoms with Gasteiger partial charge in [-0.2, -0.15) is 0 Å². The first-order valence-corrected chi connectivity index (χ1v) is 9.32. The third-order valence-electron chi connectivity index (χ3n) is 3.41. The Bertz CT molecular complexity index is 797. The number of hydrogen-bond acceptors (Lipinski definition) is 4. The van der Waals surface area contributed by atoms with Gasteiger partial charge in [0.25, 0.3) is 0 Å². The average molecular weight is 392 g/mol. The minimum Gasteiger partial charge on any atom is -0.446 e. The maximum atomic E-state index is 5.63. The molecular formula is C17H18BrN3OS. The molecule has 0 saturated heterocycles. The lowest BCUT2D eigenvalue weighted by Crippen LogP contribution is -2.01. The summed E-state index contributed by atoms with van der Waals surface area (Å²) in [7, 11) is 0. The molecule has 0 amide bonds. The van der Waals surface area contributed by atoms with Crippen LogP contribution in [-0.2, 0) is 12.3 Å². The van der Waals surface area contributed by atoms with Crippen molar-refractivity contribution in [1.29, 1.82) is 0 Å². The van der Waals surface area contributed by atoms with Gasteiger partial charge in [0.1, 0.15) is 0 Å². The maximum absolute atomic E-state index is 5.63. The van der Waals surface area contributed by atoms with Crippen LogP contribution in [0.25, 0.3) is 11.6 Å². The van der Waals surface area contributed by atoms with Crippen molar-refractivity contribution in [1.82, 2.24) is 14.8 Å². The highest BCUT2D eigenvalue weighted by Crippen LogP contribution is 2.29. The molecule has 0 aliphatic carbocycles. The first kappa shape index (κ1) is 16.3. The molecule has 4 nitrogen and oxygen atoms in total. The molecule has 0 saturated carbocycles. The zero-order chi connectivity index (χ0) is 16.2. The Balaban J connectivity index is 1.83. The van der Waals surface area contributed by atoms with Crippen LogP contribution in [-0.4, -0.2) is 14.8 Å². The van der Waals surface area contributed by atoms with Gasteiger partial charge >= 0.3 is 0 Å². The van der Waals surface area contributed by atoms with Crippen molar-refractivity contribution in [3.8, 4) is 11.6 Å². The van der Waals surface area contributed by atoms with E-state index in [1.54, 1.807) is 11.8 Å². The molecule has 0 unspecified atom stereocenters. The van der Waals surface area contributed by atoms with Crippen LogP contribution in [0.4, 0.5) is 0 Å². The highest BCUT2D eigenvalue weighted by molar-refractivity contribution is 9.10. The minimum atomic E-state index is 0.701. The second kappa shape index (κ2) is 7.36. The lowest BCUT2D eigenvalue weighted by Gasteiger charge is -2.07. The van der Waals surface area contributed by atoms with Crippen molar-refractivity contribution in [2.75, 3.05) is 0 Å². The quantitative estimate of drug-likeness (QED) is 0.533. The second-order valence-corrected chi connectivity index (χ2v) is 7.06. The van der Waals surface area contributed by atoms with Crippen LogP contribution in [0.3, 0.4) is 0 Å². The van der Waals surface area contributed by atoms with Crippen molar-refractivity contribution >= 4 is 27.7 Å². The molecule has 2 aromatic heterocycles. The van der Waals surface area contributed by atoms with Gasteiger partial charge < -0.3 is 4.42 Å². The van der Waals surface area contributed by atoms with E-state index in [-0.39, 0.29) is 0 Å². The summed E-state index contributed by atoms with van der Waals surface area (Å²) in [5.74, 6) is 2.40. The smallest absolute Gasteiger partial charge is 0.200 e. The monoisotopic (exact) mass is 391 g/mol. The van der Waals surface area contributed by atoms with Crippen LogP contribution in [0.5, 0.6) is 0 Å². The van der Waals surface area contributed by atoms with E-state index in [4.69, 9.17) is 4.42 Å². The number of thioether (sulfide) groups is 1. The summed E-state index contributed by atoms with van der Waals surface area (Å²) in [5, 5.41) is 9.61. The molecule has 1 aromatic carbocycles. The Morgan fingerprint density at radius 2 is 2.09 bits per heavy atom. The summed E-state index contributed by atoms with van der Waals surface area (Å²) in [5.41, 5.74) is 2.57. The molecule has 0 spiro atoms. The molecule has 0 aliphatic rings. The number of nitrogens with zero attached hydrogens (tertiary/aromatic N) is 3. The lowest BCUT2D eigenvalue weighted by molar-refractivity contribution is 0.539. The fourth-order valence-electron chi connectivity index (χ4n) is 2.39. The van der Waals surface area contributed by atoms with Gasteiger partial charge in [0.2, 0.25) is 5.82 Å². The molecule has 0 N–H and O–H groups in total. The van der Waals surface area contributed by atoms with E-state index in [0.717, 1.165) is 35.5 Å². The first-order chi connectivity index (χ1) is 11.2. The first-order valence-electron chi connectivity index (χ1n) is 7.54. The summed E-state index contributed by atoms with van der Waals surface area (Å²) in [6.45, 7) is 5.13. The largest absolute Gasteiger partial charge is 0.446 e. The summed E-state index contributed by atoms with van der Waals surface area (Å²) < 4.78 is 8.46. The van der Waals surface area contributed by atoms with Crippen LogP contribution < -0.4 is 0 Å². The number of aryl methyl sites for hydroxylation is 1. The third-order valence-corrected chi connectivity index (χ3v) is 4.87. The Morgan fingerprint density at radius 1 is 1.22 bits per heavy atom. The van der Waals surface area contributed by atoms with Gasteiger partial charge in [-0.15, -0.1) is 10.2 Å². The van der Waals surface area contributed by atoms with E-state index in [2.05, 4.69) is 68.8 Å². The van der Waals surface area contributed by atoms with Gasteiger partial charge in [0, 0.05) is 12.3 Å². The molecule has 2 heterocycles. The van der Waals surface area contributed by atoms with E-state index >= 15 is 0 Å². The Hall–Kier alpha value is -1.53. The molecule has 0 atom stereocenters. The van der Waals surface area contributed by atoms with E-state index in [1.807, 2.05) is 12.1 Å². The molecule has 0 bridgehead atoms. The van der Waals surface area contributed by atoms with Crippen LogP contribution >= 0.6 is 27.7 Å². The predicted octanol–water partition coefficient (Wildman–Crippen LogP) is 5.31. The molecule has 0 radical (unpaired) electrons. The van der Waals surface area contributed by atoms with Crippen LogP contribution in [0.2, 0.25) is 0 Å². The minimum absolute atomic E-state index is 0.701. The number of rotatable bonds is 6. The van der Waals surface area contributed by atoms with Crippen LogP contribution in [0, 0.1) is 6.92 Å². The number of furan rings is 1. The summed E-state index contributed by atoms with van der Waals surface area (Å²) in [4.78, 5) is 0. The van der Waals surface area contributed by atoms with Gasteiger partial charge in [-0.3, -0.25) is 4.57 Å². The fraction of sp³-hybridized carbons (Fsp3) is 0.294. The molecule has 0 fully saturated rings. The highest BCUT2D eigenvalue weighted by Gasteiger charge is 2.16.